The van der Waals surface area contributed by atoms with Gasteiger partial charge in [0, 0.05) is 5.56 Å². The lowest BCUT2D eigenvalue weighted by atomic mass is 9.99. The summed E-state index contributed by atoms with van der Waals surface area (Å²) in [7, 11) is 0. The molecule has 0 heterocycles. The van der Waals surface area contributed by atoms with Crippen LogP contribution in [0.2, 0.25) is 0 Å². The van der Waals surface area contributed by atoms with E-state index in [4.69, 9.17) is 0 Å². The van der Waals surface area contributed by atoms with E-state index < -0.39 is 5.83 Å². The Morgan fingerprint density at radius 2 is 1.57 bits per heavy atom. The van der Waals surface area contributed by atoms with E-state index in [1.165, 1.54) is 12.1 Å². The van der Waals surface area contributed by atoms with Crippen molar-refractivity contribution >= 4 is 5.57 Å². The van der Waals surface area contributed by atoms with Crippen LogP contribution in [0.15, 0.2) is 73.6 Å². The molecule has 0 radical (unpaired) electrons. The standard InChI is InChI=1S/C19H16F2/c1-13-4-8-16(9-5-13)17-10-11-18(19(21)12-17)14(2)6-7-15(3)20/h4-12H,2-3H2,1H3/b7-6-. The maximum absolute atomic E-state index is 14.2. The van der Waals surface area contributed by atoms with Crippen LogP contribution in [0, 0.1) is 12.7 Å². The minimum absolute atomic E-state index is 0.350. The van der Waals surface area contributed by atoms with Crippen LogP contribution in [0.1, 0.15) is 11.1 Å². The Morgan fingerprint density at radius 3 is 2.14 bits per heavy atom. The van der Waals surface area contributed by atoms with Crippen LogP contribution in [0.4, 0.5) is 8.78 Å². The van der Waals surface area contributed by atoms with Gasteiger partial charge in [-0.15, -0.1) is 0 Å². The van der Waals surface area contributed by atoms with Crippen molar-refractivity contribution in [2.45, 2.75) is 6.92 Å². The molecule has 2 aromatic carbocycles. The molecule has 0 atom stereocenters. The van der Waals surface area contributed by atoms with Gasteiger partial charge in [-0.05, 0) is 35.8 Å². The van der Waals surface area contributed by atoms with Crippen LogP contribution in [0.3, 0.4) is 0 Å². The maximum atomic E-state index is 14.2. The van der Waals surface area contributed by atoms with Crippen LogP contribution < -0.4 is 0 Å². The third-order valence-electron chi connectivity index (χ3n) is 3.17. The second kappa shape index (κ2) is 6.31. The summed E-state index contributed by atoms with van der Waals surface area (Å²) in [6, 6.07) is 12.8. The smallest absolute Gasteiger partial charge is 0.131 e. The molecule has 0 unspecified atom stereocenters. The zero-order valence-electron chi connectivity index (χ0n) is 11.9. The third-order valence-corrected chi connectivity index (χ3v) is 3.17. The Labute approximate surface area is 123 Å². The van der Waals surface area contributed by atoms with E-state index in [1.807, 2.05) is 37.3 Å². The van der Waals surface area contributed by atoms with Gasteiger partial charge in [0.2, 0.25) is 0 Å². The summed E-state index contributed by atoms with van der Waals surface area (Å²) in [5, 5.41) is 0. The number of benzene rings is 2. The molecule has 0 spiro atoms. The predicted molar refractivity (Wildman–Crippen MR) is 85.0 cm³/mol. The van der Waals surface area contributed by atoms with Gasteiger partial charge in [-0.2, -0.15) is 0 Å². The molecule has 0 amide bonds. The van der Waals surface area contributed by atoms with E-state index in [1.54, 1.807) is 6.07 Å². The minimum atomic E-state index is -0.590. The highest BCUT2D eigenvalue weighted by Crippen LogP contribution is 2.25. The van der Waals surface area contributed by atoms with Crippen molar-refractivity contribution in [1.82, 2.24) is 0 Å². The SMILES string of the molecule is C=C(F)/C=C\C(=C)c1ccc(-c2ccc(C)cc2)cc1F. The van der Waals surface area contributed by atoms with Crippen molar-refractivity contribution < 1.29 is 8.78 Å². The molecule has 0 nitrogen and oxygen atoms in total. The van der Waals surface area contributed by atoms with Gasteiger partial charge < -0.3 is 0 Å². The van der Waals surface area contributed by atoms with Crippen LogP contribution in [0.5, 0.6) is 0 Å². The van der Waals surface area contributed by atoms with Crippen LogP contribution >= 0.6 is 0 Å². The zero-order valence-corrected chi connectivity index (χ0v) is 11.9. The highest BCUT2D eigenvalue weighted by atomic mass is 19.1. The van der Waals surface area contributed by atoms with Crippen molar-refractivity contribution in [3.05, 3.63) is 90.5 Å². The Bertz CT molecular complexity index is 707. The second-order valence-electron chi connectivity index (χ2n) is 4.87. The van der Waals surface area contributed by atoms with Crippen LogP contribution in [-0.4, -0.2) is 0 Å². The number of allylic oxidation sites excluding steroid dienone is 4. The molecule has 0 aliphatic carbocycles. The fourth-order valence-electron chi connectivity index (χ4n) is 1.98. The topological polar surface area (TPSA) is 0 Å². The molecule has 0 bridgehead atoms. The summed E-state index contributed by atoms with van der Waals surface area (Å²) >= 11 is 0. The predicted octanol–water partition coefficient (Wildman–Crippen LogP) is 5.85. The Balaban J connectivity index is 2.31. The number of hydrogen-bond acceptors (Lipinski definition) is 0. The van der Waals surface area contributed by atoms with Gasteiger partial charge in [0.05, 0.1) is 0 Å². The summed E-state index contributed by atoms with van der Waals surface area (Å²) < 4.78 is 26.8. The van der Waals surface area contributed by atoms with E-state index in [9.17, 15) is 8.78 Å². The van der Waals surface area contributed by atoms with Crippen molar-refractivity contribution in [2.24, 2.45) is 0 Å². The number of rotatable bonds is 4. The first-order valence-corrected chi connectivity index (χ1v) is 6.56. The van der Waals surface area contributed by atoms with E-state index in [0.29, 0.717) is 11.1 Å². The summed E-state index contributed by atoms with van der Waals surface area (Å²) in [5.41, 5.74) is 3.65. The van der Waals surface area contributed by atoms with Gasteiger partial charge in [-0.25, -0.2) is 8.78 Å². The third kappa shape index (κ3) is 3.76. The van der Waals surface area contributed by atoms with E-state index in [2.05, 4.69) is 13.2 Å². The lowest BCUT2D eigenvalue weighted by molar-refractivity contribution is 0.625. The van der Waals surface area contributed by atoms with E-state index in [-0.39, 0.29) is 5.82 Å². The molecule has 0 N–H and O–H groups in total. The average molecular weight is 282 g/mol. The molecule has 0 saturated heterocycles. The highest BCUT2D eigenvalue weighted by molar-refractivity contribution is 5.75. The van der Waals surface area contributed by atoms with E-state index >= 15 is 0 Å². The summed E-state index contributed by atoms with van der Waals surface area (Å²) in [5.74, 6) is -0.972. The molecule has 0 aliphatic heterocycles. The lowest BCUT2D eigenvalue weighted by Gasteiger charge is -2.07. The lowest BCUT2D eigenvalue weighted by Crippen LogP contribution is -1.89. The summed E-state index contributed by atoms with van der Waals surface area (Å²) in [4.78, 5) is 0. The fourth-order valence-corrected chi connectivity index (χ4v) is 1.98. The van der Waals surface area contributed by atoms with Gasteiger partial charge in [0.15, 0.2) is 0 Å². The zero-order chi connectivity index (χ0) is 15.4. The van der Waals surface area contributed by atoms with Crippen molar-refractivity contribution in [2.75, 3.05) is 0 Å². The second-order valence-corrected chi connectivity index (χ2v) is 4.87. The molecule has 0 aromatic heterocycles. The maximum Gasteiger partial charge on any atom is 0.131 e. The molecule has 0 saturated carbocycles. The quantitative estimate of drug-likeness (QED) is 0.617. The molecule has 21 heavy (non-hydrogen) atoms. The first-order chi connectivity index (χ1) is 9.97. The van der Waals surface area contributed by atoms with Gasteiger partial charge in [0.25, 0.3) is 0 Å². The van der Waals surface area contributed by atoms with Crippen molar-refractivity contribution in [3.8, 4) is 11.1 Å². The van der Waals surface area contributed by atoms with Crippen LogP contribution in [0.25, 0.3) is 16.7 Å². The molecular formula is C19H16F2. The van der Waals surface area contributed by atoms with Crippen molar-refractivity contribution in [3.63, 3.8) is 0 Å². The highest BCUT2D eigenvalue weighted by Gasteiger charge is 2.06. The van der Waals surface area contributed by atoms with Gasteiger partial charge in [-0.3, -0.25) is 0 Å². The first kappa shape index (κ1) is 14.9. The molecule has 0 fully saturated rings. The van der Waals surface area contributed by atoms with E-state index in [0.717, 1.165) is 22.8 Å². The molecule has 2 heteroatoms. The number of hydrogen-bond donors (Lipinski definition) is 0. The number of halogens is 2. The van der Waals surface area contributed by atoms with Crippen molar-refractivity contribution in [1.29, 1.82) is 0 Å². The largest absolute Gasteiger partial charge is 0.208 e. The minimum Gasteiger partial charge on any atom is -0.208 e. The Kier molecular flexibility index (Phi) is 4.49. The average Bonchev–Trinajstić information content (AvgIpc) is 2.45. The fraction of sp³-hybridized carbons (Fsp3) is 0.0526. The molecule has 106 valence electrons. The summed E-state index contributed by atoms with van der Waals surface area (Å²) in [6.07, 6.45) is 2.57. The van der Waals surface area contributed by atoms with Gasteiger partial charge in [-0.1, -0.05) is 61.2 Å². The molecule has 2 aromatic rings. The summed E-state index contributed by atoms with van der Waals surface area (Å²) in [6.45, 7) is 8.86. The Hall–Kier alpha value is -2.48. The van der Waals surface area contributed by atoms with Crippen LogP contribution in [-0.2, 0) is 0 Å². The first-order valence-electron chi connectivity index (χ1n) is 6.56. The molecular weight excluding hydrogens is 266 g/mol. The molecule has 2 rings (SSSR count). The normalized spacial score (nSPS) is 10.8. The monoisotopic (exact) mass is 282 g/mol. The Morgan fingerprint density at radius 1 is 0.952 bits per heavy atom. The van der Waals surface area contributed by atoms with Gasteiger partial charge in [0.1, 0.15) is 11.6 Å². The molecule has 0 aliphatic rings. The number of aryl methyl sites for hydroxylation is 1. The van der Waals surface area contributed by atoms with Gasteiger partial charge >= 0.3 is 0 Å².